The van der Waals surface area contributed by atoms with Crippen molar-refractivity contribution >= 4 is 18.0 Å². The Morgan fingerprint density at radius 2 is 1.93 bits per heavy atom. The molecule has 0 aromatic heterocycles. The number of aromatic hydroxyl groups is 2. The van der Waals surface area contributed by atoms with Gasteiger partial charge < -0.3 is 35.0 Å². The standard InChI is InChI=1S/C18H22O9/c1-2-26-17(24)18(25)8-13(21)16(23)14(9-18)27-15(22)6-4-10-3-5-11(19)12(20)7-10/h3-7,13-14,16,19-21,23,25H,2,8-9H2,1H3. The van der Waals surface area contributed by atoms with E-state index in [1.165, 1.54) is 24.3 Å². The van der Waals surface area contributed by atoms with Gasteiger partial charge in [-0.25, -0.2) is 9.59 Å². The van der Waals surface area contributed by atoms with E-state index in [2.05, 4.69) is 0 Å². The van der Waals surface area contributed by atoms with E-state index in [0.717, 1.165) is 6.08 Å². The Kier molecular flexibility index (Phi) is 6.42. The van der Waals surface area contributed by atoms with Crippen LogP contribution in [0.4, 0.5) is 0 Å². The Morgan fingerprint density at radius 1 is 1.22 bits per heavy atom. The van der Waals surface area contributed by atoms with Crippen molar-refractivity contribution in [1.82, 2.24) is 0 Å². The van der Waals surface area contributed by atoms with E-state index in [-0.39, 0.29) is 18.1 Å². The number of aliphatic hydroxyl groups is 3. The normalized spacial score (nSPS) is 28.1. The van der Waals surface area contributed by atoms with Crippen molar-refractivity contribution in [3.63, 3.8) is 0 Å². The average molecular weight is 382 g/mol. The fraction of sp³-hybridized carbons (Fsp3) is 0.444. The number of phenols is 2. The van der Waals surface area contributed by atoms with Gasteiger partial charge in [-0.05, 0) is 30.7 Å². The van der Waals surface area contributed by atoms with Gasteiger partial charge in [-0.1, -0.05) is 6.07 Å². The van der Waals surface area contributed by atoms with Crippen molar-refractivity contribution in [2.45, 2.75) is 43.7 Å². The minimum absolute atomic E-state index is 0.0203. The maximum absolute atomic E-state index is 12.0. The SMILES string of the molecule is CCOC(=O)C1(O)CC(O)C(O)C(OC(=O)C=Cc2ccc(O)c(O)c2)C1. The van der Waals surface area contributed by atoms with Crippen LogP contribution < -0.4 is 0 Å². The fourth-order valence-electron chi connectivity index (χ4n) is 2.79. The quantitative estimate of drug-likeness (QED) is 0.265. The monoisotopic (exact) mass is 382 g/mol. The lowest BCUT2D eigenvalue weighted by Crippen LogP contribution is -2.57. The molecule has 1 aromatic rings. The third-order valence-electron chi connectivity index (χ3n) is 4.20. The lowest BCUT2D eigenvalue weighted by molar-refractivity contribution is -0.199. The van der Waals surface area contributed by atoms with E-state index in [1.54, 1.807) is 6.92 Å². The van der Waals surface area contributed by atoms with Gasteiger partial charge in [0.15, 0.2) is 17.1 Å². The highest BCUT2D eigenvalue weighted by atomic mass is 16.6. The summed E-state index contributed by atoms with van der Waals surface area (Å²) in [7, 11) is 0. The van der Waals surface area contributed by atoms with Crippen LogP contribution in [0.2, 0.25) is 0 Å². The fourth-order valence-corrected chi connectivity index (χ4v) is 2.79. The molecule has 9 heteroatoms. The molecule has 27 heavy (non-hydrogen) atoms. The second kappa shape index (κ2) is 8.38. The zero-order valence-corrected chi connectivity index (χ0v) is 14.6. The number of phenolic OH excluding ortho intramolecular Hbond substituents is 2. The van der Waals surface area contributed by atoms with Gasteiger partial charge in [0.1, 0.15) is 12.2 Å². The topological polar surface area (TPSA) is 154 Å². The molecule has 9 nitrogen and oxygen atoms in total. The molecule has 5 N–H and O–H groups in total. The molecule has 4 unspecified atom stereocenters. The molecule has 0 spiro atoms. The Labute approximate surface area is 155 Å². The van der Waals surface area contributed by atoms with Crippen molar-refractivity contribution in [1.29, 1.82) is 0 Å². The van der Waals surface area contributed by atoms with Gasteiger partial charge in [0.25, 0.3) is 0 Å². The number of hydrogen-bond acceptors (Lipinski definition) is 9. The third-order valence-corrected chi connectivity index (χ3v) is 4.20. The van der Waals surface area contributed by atoms with Crippen molar-refractivity contribution in [3.05, 3.63) is 29.8 Å². The molecule has 4 atom stereocenters. The summed E-state index contributed by atoms with van der Waals surface area (Å²) in [5, 5.41) is 49.0. The third kappa shape index (κ3) is 4.97. The molecule has 2 rings (SSSR count). The maximum Gasteiger partial charge on any atom is 0.338 e. The van der Waals surface area contributed by atoms with Gasteiger partial charge in [-0.3, -0.25) is 0 Å². The van der Waals surface area contributed by atoms with E-state index >= 15 is 0 Å². The summed E-state index contributed by atoms with van der Waals surface area (Å²) in [4.78, 5) is 23.9. The van der Waals surface area contributed by atoms with Crippen molar-refractivity contribution in [3.8, 4) is 11.5 Å². The minimum Gasteiger partial charge on any atom is -0.504 e. The molecule has 0 bridgehead atoms. The van der Waals surface area contributed by atoms with Crippen LogP contribution in [-0.2, 0) is 19.1 Å². The Hall–Kier alpha value is -2.62. The highest BCUT2D eigenvalue weighted by Gasteiger charge is 2.51. The van der Waals surface area contributed by atoms with E-state index in [9.17, 15) is 35.1 Å². The van der Waals surface area contributed by atoms with E-state index in [4.69, 9.17) is 9.47 Å². The highest BCUT2D eigenvalue weighted by Crippen LogP contribution is 2.32. The summed E-state index contributed by atoms with van der Waals surface area (Å²) in [5.74, 6) is -2.54. The number of hydrogen-bond donors (Lipinski definition) is 5. The lowest BCUT2D eigenvalue weighted by atomic mass is 9.79. The second-order valence-electron chi connectivity index (χ2n) is 6.28. The summed E-state index contributed by atoms with van der Waals surface area (Å²) in [6, 6.07) is 3.90. The second-order valence-corrected chi connectivity index (χ2v) is 6.28. The molecule has 0 amide bonds. The van der Waals surface area contributed by atoms with Crippen LogP contribution in [0.5, 0.6) is 11.5 Å². The first-order valence-electron chi connectivity index (χ1n) is 8.32. The predicted octanol–water partition coefficient (Wildman–Crippen LogP) is -0.167. The molecule has 0 saturated heterocycles. The average Bonchev–Trinajstić information content (AvgIpc) is 2.60. The molecule has 1 aliphatic carbocycles. The Balaban J connectivity index is 2.06. The molecule has 1 saturated carbocycles. The van der Waals surface area contributed by atoms with Gasteiger partial charge in [0.2, 0.25) is 0 Å². The van der Waals surface area contributed by atoms with Crippen LogP contribution in [0.25, 0.3) is 6.08 Å². The number of carbonyl (C=O) groups excluding carboxylic acids is 2. The molecule has 0 aliphatic heterocycles. The summed E-state index contributed by atoms with van der Waals surface area (Å²) >= 11 is 0. The van der Waals surface area contributed by atoms with Crippen LogP contribution >= 0.6 is 0 Å². The van der Waals surface area contributed by atoms with Crippen LogP contribution in [0.3, 0.4) is 0 Å². The summed E-state index contributed by atoms with van der Waals surface area (Å²) < 4.78 is 9.83. The van der Waals surface area contributed by atoms with Crippen LogP contribution in [0.15, 0.2) is 24.3 Å². The number of esters is 2. The van der Waals surface area contributed by atoms with Gasteiger partial charge in [-0.2, -0.15) is 0 Å². The van der Waals surface area contributed by atoms with E-state index in [0.29, 0.717) is 5.56 Å². The van der Waals surface area contributed by atoms with Crippen LogP contribution in [-0.4, -0.2) is 68.0 Å². The Morgan fingerprint density at radius 3 is 2.56 bits per heavy atom. The van der Waals surface area contributed by atoms with Crippen molar-refractivity contribution in [2.75, 3.05) is 6.61 Å². The zero-order valence-electron chi connectivity index (χ0n) is 14.6. The summed E-state index contributed by atoms with van der Waals surface area (Å²) in [5.41, 5.74) is -1.68. The van der Waals surface area contributed by atoms with E-state index < -0.39 is 48.7 Å². The van der Waals surface area contributed by atoms with Crippen LogP contribution in [0.1, 0.15) is 25.3 Å². The molecule has 1 aliphatic rings. The largest absolute Gasteiger partial charge is 0.504 e. The number of rotatable bonds is 5. The van der Waals surface area contributed by atoms with Crippen LogP contribution in [0, 0.1) is 0 Å². The predicted molar refractivity (Wildman–Crippen MR) is 91.5 cm³/mol. The molecule has 148 valence electrons. The Bertz CT molecular complexity index is 730. The maximum atomic E-state index is 12.0. The highest BCUT2D eigenvalue weighted by molar-refractivity contribution is 5.87. The summed E-state index contributed by atoms with van der Waals surface area (Å²) in [6.45, 7) is 1.57. The minimum atomic E-state index is -2.08. The molecule has 0 heterocycles. The van der Waals surface area contributed by atoms with Crippen molar-refractivity contribution < 1.29 is 44.6 Å². The lowest BCUT2D eigenvalue weighted by Gasteiger charge is -2.39. The van der Waals surface area contributed by atoms with Gasteiger partial charge in [0.05, 0.1) is 12.7 Å². The van der Waals surface area contributed by atoms with Crippen molar-refractivity contribution in [2.24, 2.45) is 0 Å². The molecule has 0 radical (unpaired) electrons. The first-order chi connectivity index (χ1) is 12.7. The first kappa shape index (κ1) is 20.7. The zero-order chi connectivity index (χ0) is 20.2. The summed E-state index contributed by atoms with van der Waals surface area (Å²) in [6.07, 6.45) is -2.85. The molecule has 1 fully saturated rings. The number of carbonyl (C=O) groups is 2. The number of ether oxygens (including phenoxy) is 2. The number of aliphatic hydroxyl groups excluding tert-OH is 2. The number of benzene rings is 1. The molecular weight excluding hydrogens is 360 g/mol. The first-order valence-corrected chi connectivity index (χ1v) is 8.32. The van der Waals surface area contributed by atoms with Gasteiger partial charge in [-0.15, -0.1) is 0 Å². The van der Waals surface area contributed by atoms with Gasteiger partial charge in [0, 0.05) is 18.9 Å². The molecular formula is C18H22O9. The molecule has 1 aromatic carbocycles. The van der Waals surface area contributed by atoms with E-state index in [1.807, 2.05) is 0 Å². The van der Waals surface area contributed by atoms with Gasteiger partial charge >= 0.3 is 11.9 Å². The smallest absolute Gasteiger partial charge is 0.338 e.